The normalized spacial score (nSPS) is 18.0. The van der Waals surface area contributed by atoms with Crippen molar-refractivity contribution in [2.45, 2.75) is 25.8 Å². The van der Waals surface area contributed by atoms with Crippen molar-refractivity contribution in [3.63, 3.8) is 0 Å². The van der Waals surface area contributed by atoms with Crippen LogP contribution in [0.3, 0.4) is 0 Å². The molecule has 0 spiro atoms. The van der Waals surface area contributed by atoms with Gasteiger partial charge in [0.05, 0.1) is 9.95 Å². The lowest BCUT2D eigenvalue weighted by molar-refractivity contribution is -0.384. The van der Waals surface area contributed by atoms with Crippen LogP contribution in [0.25, 0.3) is 0 Å². The maximum absolute atomic E-state index is 11.0. The second kappa shape index (κ2) is 6.21. The molecule has 0 aromatic heterocycles. The predicted octanol–water partition coefficient (Wildman–Crippen LogP) is 3.48. The fourth-order valence-electron chi connectivity index (χ4n) is 2.37. The number of nitrogens with zero attached hydrogens (tertiary/aromatic N) is 1. The maximum Gasteiger partial charge on any atom is 0.293 e. The molecule has 1 aromatic carbocycles. The van der Waals surface area contributed by atoms with Crippen LogP contribution in [0.4, 0.5) is 11.4 Å². The van der Waals surface area contributed by atoms with Crippen LogP contribution in [-0.2, 0) is 4.74 Å². The number of halogens is 1. The maximum atomic E-state index is 11.0. The molecule has 1 heterocycles. The van der Waals surface area contributed by atoms with Gasteiger partial charge in [0.2, 0.25) is 0 Å². The van der Waals surface area contributed by atoms with Crippen molar-refractivity contribution < 1.29 is 9.66 Å². The van der Waals surface area contributed by atoms with Gasteiger partial charge in [-0.25, -0.2) is 0 Å². The first-order valence-corrected chi connectivity index (χ1v) is 6.74. The molecule has 2 rings (SSSR count). The number of rotatable bonds is 4. The standard InChI is InChI=1S/C13H17ClN2O3/c1-9(10-5-7-19-8-6-10)15-13-11(14)3-2-4-12(13)16(17)18/h2-4,9-10,15H,5-8H2,1H3. The fourth-order valence-corrected chi connectivity index (χ4v) is 2.59. The Morgan fingerprint density at radius 1 is 1.47 bits per heavy atom. The average Bonchev–Trinajstić information content (AvgIpc) is 2.41. The largest absolute Gasteiger partial charge is 0.381 e. The van der Waals surface area contributed by atoms with Gasteiger partial charge < -0.3 is 10.1 Å². The van der Waals surface area contributed by atoms with E-state index in [9.17, 15) is 10.1 Å². The molecule has 1 N–H and O–H groups in total. The van der Waals surface area contributed by atoms with Crippen LogP contribution in [0.1, 0.15) is 19.8 Å². The molecule has 0 aliphatic carbocycles. The number of hydrogen-bond donors (Lipinski definition) is 1. The van der Waals surface area contributed by atoms with E-state index >= 15 is 0 Å². The molecule has 1 saturated heterocycles. The van der Waals surface area contributed by atoms with E-state index in [1.807, 2.05) is 6.92 Å². The highest BCUT2D eigenvalue weighted by atomic mass is 35.5. The summed E-state index contributed by atoms with van der Waals surface area (Å²) < 4.78 is 5.32. The van der Waals surface area contributed by atoms with Gasteiger partial charge in [-0.1, -0.05) is 17.7 Å². The van der Waals surface area contributed by atoms with E-state index < -0.39 is 4.92 Å². The monoisotopic (exact) mass is 284 g/mol. The van der Waals surface area contributed by atoms with Gasteiger partial charge in [-0.05, 0) is 31.7 Å². The highest BCUT2D eigenvalue weighted by molar-refractivity contribution is 6.33. The Balaban J connectivity index is 2.15. The lowest BCUT2D eigenvalue weighted by atomic mass is 9.93. The number of hydrogen-bond acceptors (Lipinski definition) is 4. The minimum atomic E-state index is -0.412. The topological polar surface area (TPSA) is 64.4 Å². The van der Waals surface area contributed by atoms with Crippen molar-refractivity contribution >= 4 is 23.0 Å². The second-order valence-electron chi connectivity index (χ2n) is 4.77. The van der Waals surface area contributed by atoms with E-state index in [1.165, 1.54) is 6.07 Å². The van der Waals surface area contributed by atoms with Crippen LogP contribution < -0.4 is 5.32 Å². The summed E-state index contributed by atoms with van der Waals surface area (Å²) in [6.07, 6.45) is 1.93. The molecule has 0 radical (unpaired) electrons. The Morgan fingerprint density at radius 2 is 2.16 bits per heavy atom. The highest BCUT2D eigenvalue weighted by Gasteiger charge is 2.24. The number of nitro groups is 1. The molecule has 1 aliphatic heterocycles. The zero-order valence-corrected chi connectivity index (χ0v) is 11.5. The van der Waals surface area contributed by atoms with E-state index in [0.29, 0.717) is 16.6 Å². The number of nitro benzene ring substituents is 1. The van der Waals surface area contributed by atoms with Gasteiger partial charge in [0.15, 0.2) is 0 Å². The summed E-state index contributed by atoms with van der Waals surface area (Å²) >= 11 is 6.06. The van der Waals surface area contributed by atoms with Gasteiger partial charge in [0, 0.05) is 25.3 Å². The van der Waals surface area contributed by atoms with Gasteiger partial charge in [0.25, 0.3) is 5.69 Å². The molecule has 19 heavy (non-hydrogen) atoms. The number of ether oxygens (including phenoxy) is 1. The van der Waals surface area contributed by atoms with Crippen LogP contribution in [-0.4, -0.2) is 24.2 Å². The van der Waals surface area contributed by atoms with Gasteiger partial charge in [-0.3, -0.25) is 10.1 Å². The molecule has 104 valence electrons. The van der Waals surface area contributed by atoms with Crippen LogP contribution in [0.2, 0.25) is 5.02 Å². The Hall–Kier alpha value is -1.33. The summed E-state index contributed by atoms with van der Waals surface area (Å²) in [4.78, 5) is 10.6. The third kappa shape index (κ3) is 3.36. The Kier molecular flexibility index (Phi) is 4.61. The number of nitrogens with one attached hydrogen (secondary N) is 1. The molecule has 1 unspecified atom stereocenters. The van der Waals surface area contributed by atoms with Crippen LogP contribution in [0.5, 0.6) is 0 Å². The summed E-state index contributed by atoms with van der Waals surface area (Å²) in [5.41, 5.74) is 0.430. The summed E-state index contributed by atoms with van der Waals surface area (Å²) in [7, 11) is 0. The smallest absolute Gasteiger partial charge is 0.293 e. The van der Waals surface area contributed by atoms with Crippen LogP contribution in [0.15, 0.2) is 18.2 Å². The molecular formula is C13H17ClN2O3. The molecular weight excluding hydrogens is 268 g/mol. The van der Waals surface area contributed by atoms with Gasteiger partial charge in [-0.2, -0.15) is 0 Å². The molecule has 5 nitrogen and oxygen atoms in total. The Bertz CT molecular complexity index is 461. The molecule has 1 fully saturated rings. The third-order valence-corrected chi connectivity index (χ3v) is 3.85. The quantitative estimate of drug-likeness (QED) is 0.679. The molecule has 0 amide bonds. The number of anilines is 1. The van der Waals surface area contributed by atoms with Gasteiger partial charge >= 0.3 is 0 Å². The molecule has 0 saturated carbocycles. The minimum Gasteiger partial charge on any atom is -0.381 e. The summed E-state index contributed by atoms with van der Waals surface area (Å²) in [5.74, 6) is 0.449. The molecule has 1 atom stereocenters. The Morgan fingerprint density at radius 3 is 2.79 bits per heavy atom. The van der Waals surface area contributed by atoms with E-state index in [0.717, 1.165) is 26.1 Å². The summed E-state index contributed by atoms with van der Waals surface area (Å²) in [5, 5.41) is 14.6. The Labute approximate surface area is 117 Å². The van der Waals surface area contributed by atoms with Crippen molar-refractivity contribution in [2.75, 3.05) is 18.5 Å². The van der Waals surface area contributed by atoms with Crippen molar-refractivity contribution in [1.82, 2.24) is 0 Å². The number of benzene rings is 1. The third-order valence-electron chi connectivity index (χ3n) is 3.53. The molecule has 6 heteroatoms. The van der Waals surface area contributed by atoms with Crippen molar-refractivity contribution in [3.05, 3.63) is 33.3 Å². The summed E-state index contributed by atoms with van der Waals surface area (Å²) in [6, 6.07) is 4.84. The van der Waals surface area contributed by atoms with Crippen LogP contribution >= 0.6 is 11.6 Å². The molecule has 1 aliphatic rings. The SMILES string of the molecule is CC(Nc1c(Cl)cccc1[N+](=O)[O-])C1CCOCC1. The van der Waals surface area contributed by atoms with Gasteiger partial charge in [0.1, 0.15) is 5.69 Å². The first-order chi connectivity index (χ1) is 9.09. The molecule has 0 bridgehead atoms. The van der Waals surface area contributed by atoms with Crippen LogP contribution in [0, 0.1) is 16.0 Å². The number of para-hydroxylation sites is 1. The van der Waals surface area contributed by atoms with Crippen molar-refractivity contribution in [1.29, 1.82) is 0 Å². The van der Waals surface area contributed by atoms with E-state index in [-0.39, 0.29) is 11.7 Å². The lowest BCUT2D eigenvalue weighted by Gasteiger charge is -2.29. The highest BCUT2D eigenvalue weighted by Crippen LogP contribution is 2.34. The first-order valence-electron chi connectivity index (χ1n) is 6.36. The zero-order chi connectivity index (χ0) is 13.8. The van der Waals surface area contributed by atoms with Crippen molar-refractivity contribution in [2.24, 2.45) is 5.92 Å². The zero-order valence-electron chi connectivity index (χ0n) is 10.8. The first kappa shape index (κ1) is 14.1. The fraction of sp³-hybridized carbons (Fsp3) is 0.538. The molecule has 1 aromatic rings. The predicted molar refractivity (Wildman–Crippen MR) is 74.7 cm³/mol. The van der Waals surface area contributed by atoms with E-state index in [4.69, 9.17) is 16.3 Å². The van der Waals surface area contributed by atoms with E-state index in [2.05, 4.69) is 5.32 Å². The second-order valence-corrected chi connectivity index (χ2v) is 5.18. The minimum absolute atomic E-state index is 0.0198. The van der Waals surface area contributed by atoms with Gasteiger partial charge in [-0.15, -0.1) is 0 Å². The summed E-state index contributed by atoms with van der Waals surface area (Å²) in [6.45, 7) is 3.53. The van der Waals surface area contributed by atoms with E-state index in [1.54, 1.807) is 12.1 Å². The lowest BCUT2D eigenvalue weighted by Crippen LogP contribution is -2.31. The average molecular weight is 285 g/mol. The van der Waals surface area contributed by atoms with Crippen molar-refractivity contribution in [3.8, 4) is 0 Å².